The number of likely N-dealkylation sites (tertiary alicyclic amines) is 1. The summed E-state index contributed by atoms with van der Waals surface area (Å²) in [5.74, 6) is -0.178. The normalized spacial score (nSPS) is 23.7. The van der Waals surface area contributed by atoms with Crippen molar-refractivity contribution in [3.05, 3.63) is 29.7 Å². The van der Waals surface area contributed by atoms with Crippen molar-refractivity contribution < 1.29 is 18.8 Å². The number of hydrogen-bond acceptors (Lipinski definition) is 6. The molecule has 1 aromatic heterocycles. The molecule has 2 aromatic rings. The van der Waals surface area contributed by atoms with E-state index in [1.54, 1.807) is 11.0 Å². The summed E-state index contributed by atoms with van der Waals surface area (Å²) in [7, 11) is 0. The summed E-state index contributed by atoms with van der Waals surface area (Å²) in [5.41, 5.74) is 0.149. The molecule has 2 N–H and O–H groups in total. The standard InChI is InChI=1S/C22H31FN4O3/c1-2-27(21(28)22(29)8-3-9-24-15-22)13-12-26-10-6-16(7-11-26)20-18-5-4-17(23)14-19(18)30-25-20/h4-5,14,16,24,29H,2-3,6-13,15H2,1H3. The fourth-order valence-electron chi connectivity index (χ4n) is 4.69. The second kappa shape index (κ2) is 8.99. The van der Waals surface area contributed by atoms with Gasteiger partial charge in [0, 0.05) is 43.5 Å². The van der Waals surface area contributed by atoms with Crippen LogP contribution >= 0.6 is 0 Å². The highest BCUT2D eigenvalue weighted by Gasteiger charge is 2.39. The van der Waals surface area contributed by atoms with Crippen LogP contribution in [0.1, 0.15) is 44.2 Å². The van der Waals surface area contributed by atoms with Crippen LogP contribution in [0.2, 0.25) is 0 Å². The maximum absolute atomic E-state index is 13.4. The Bertz CT molecular complexity index is 872. The smallest absolute Gasteiger partial charge is 0.255 e. The number of carbonyl (C=O) groups excluding carboxylic acids is 1. The van der Waals surface area contributed by atoms with Crippen LogP contribution in [-0.4, -0.2) is 77.4 Å². The monoisotopic (exact) mass is 418 g/mol. The molecule has 3 heterocycles. The van der Waals surface area contributed by atoms with Crippen molar-refractivity contribution in [1.29, 1.82) is 0 Å². The second-order valence-electron chi connectivity index (χ2n) is 8.52. The maximum atomic E-state index is 13.4. The average Bonchev–Trinajstić information content (AvgIpc) is 3.18. The molecule has 4 rings (SSSR count). The molecular weight excluding hydrogens is 387 g/mol. The summed E-state index contributed by atoms with van der Waals surface area (Å²) in [6, 6.07) is 4.58. The van der Waals surface area contributed by atoms with E-state index < -0.39 is 5.60 Å². The summed E-state index contributed by atoms with van der Waals surface area (Å²) in [6.07, 6.45) is 3.24. The Morgan fingerprint density at radius 2 is 2.23 bits per heavy atom. The van der Waals surface area contributed by atoms with Crippen LogP contribution in [-0.2, 0) is 4.79 Å². The minimum absolute atomic E-state index is 0.159. The summed E-state index contributed by atoms with van der Waals surface area (Å²) in [6.45, 7) is 6.99. The Hall–Kier alpha value is -2.03. The van der Waals surface area contributed by atoms with Crippen molar-refractivity contribution in [1.82, 2.24) is 20.3 Å². The molecule has 0 aliphatic carbocycles. The molecule has 0 radical (unpaired) electrons. The van der Waals surface area contributed by atoms with Gasteiger partial charge in [0.2, 0.25) is 0 Å². The average molecular weight is 419 g/mol. The first-order valence-electron chi connectivity index (χ1n) is 11.0. The lowest BCUT2D eigenvalue weighted by atomic mass is 9.91. The number of likely N-dealkylation sites (N-methyl/N-ethyl adjacent to an activating group) is 1. The number of β-amino-alcohol motifs (C(OH)–C–C–N with tert-alkyl or cyclic N) is 1. The lowest BCUT2D eigenvalue weighted by Crippen LogP contribution is -2.58. The van der Waals surface area contributed by atoms with Gasteiger partial charge in [0.25, 0.3) is 5.91 Å². The Labute approximate surface area is 176 Å². The van der Waals surface area contributed by atoms with Gasteiger partial charge in [-0.15, -0.1) is 0 Å². The second-order valence-corrected chi connectivity index (χ2v) is 8.52. The van der Waals surface area contributed by atoms with Crippen molar-refractivity contribution in [3.8, 4) is 0 Å². The molecule has 1 atom stereocenters. The zero-order valence-corrected chi connectivity index (χ0v) is 17.6. The number of fused-ring (bicyclic) bond motifs is 1. The van der Waals surface area contributed by atoms with Crippen molar-refractivity contribution >= 4 is 16.9 Å². The summed E-state index contributed by atoms with van der Waals surface area (Å²) >= 11 is 0. The maximum Gasteiger partial charge on any atom is 0.255 e. The molecule has 8 heteroatoms. The number of benzene rings is 1. The van der Waals surface area contributed by atoms with E-state index in [0.29, 0.717) is 37.6 Å². The van der Waals surface area contributed by atoms with Crippen LogP contribution < -0.4 is 5.32 Å². The van der Waals surface area contributed by atoms with Crippen molar-refractivity contribution in [2.75, 3.05) is 45.8 Å². The molecule has 7 nitrogen and oxygen atoms in total. The predicted molar refractivity (Wildman–Crippen MR) is 112 cm³/mol. The third-order valence-electron chi connectivity index (χ3n) is 6.55. The van der Waals surface area contributed by atoms with Gasteiger partial charge in [-0.05, 0) is 64.4 Å². The Balaban J connectivity index is 1.30. The van der Waals surface area contributed by atoms with E-state index in [2.05, 4.69) is 15.4 Å². The summed E-state index contributed by atoms with van der Waals surface area (Å²) in [4.78, 5) is 17.0. The van der Waals surface area contributed by atoms with Crippen molar-refractivity contribution in [2.45, 2.75) is 44.1 Å². The van der Waals surface area contributed by atoms with Crippen LogP contribution in [0.4, 0.5) is 4.39 Å². The topological polar surface area (TPSA) is 81.8 Å². The first kappa shape index (κ1) is 21.2. The summed E-state index contributed by atoms with van der Waals surface area (Å²) in [5, 5.41) is 19.0. The molecule has 2 saturated heterocycles. The number of piperidine rings is 2. The molecule has 2 aliphatic rings. The molecular formula is C22H31FN4O3. The van der Waals surface area contributed by atoms with Gasteiger partial charge in [-0.2, -0.15) is 0 Å². The van der Waals surface area contributed by atoms with Gasteiger partial charge in [0.15, 0.2) is 11.2 Å². The first-order chi connectivity index (χ1) is 14.5. The number of aromatic nitrogens is 1. The van der Waals surface area contributed by atoms with E-state index in [9.17, 15) is 14.3 Å². The number of aliphatic hydroxyl groups is 1. The highest BCUT2D eigenvalue weighted by Crippen LogP contribution is 2.32. The zero-order valence-electron chi connectivity index (χ0n) is 17.6. The number of amides is 1. The van der Waals surface area contributed by atoms with E-state index in [4.69, 9.17) is 4.52 Å². The lowest BCUT2D eigenvalue weighted by molar-refractivity contribution is -0.153. The van der Waals surface area contributed by atoms with Gasteiger partial charge in [-0.1, -0.05) is 5.16 Å². The largest absolute Gasteiger partial charge is 0.379 e. The number of rotatable bonds is 6. The van der Waals surface area contributed by atoms with E-state index in [1.165, 1.54) is 12.1 Å². The molecule has 30 heavy (non-hydrogen) atoms. The molecule has 2 aliphatic heterocycles. The van der Waals surface area contributed by atoms with Crippen molar-refractivity contribution in [3.63, 3.8) is 0 Å². The predicted octanol–water partition coefficient (Wildman–Crippen LogP) is 2.11. The number of nitrogens with zero attached hydrogens (tertiary/aromatic N) is 3. The third kappa shape index (κ3) is 4.36. The fourth-order valence-corrected chi connectivity index (χ4v) is 4.69. The van der Waals surface area contributed by atoms with Crippen LogP contribution in [0.3, 0.4) is 0 Å². The third-order valence-corrected chi connectivity index (χ3v) is 6.55. The summed E-state index contributed by atoms with van der Waals surface area (Å²) < 4.78 is 18.7. The molecule has 1 unspecified atom stereocenters. The number of halogens is 1. The first-order valence-corrected chi connectivity index (χ1v) is 11.0. The zero-order chi connectivity index (χ0) is 21.1. The van der Waals surface area contributed by atoms with Crippen LogP contribution in [0.5, 0.6) is 0 Å². The van der Waals surface area contributed by atoms with Gasteiger partial charge in [0.05, 0.1) is 5.69 Å². The molecule has 164 valence electrons. The Morgan fingerprint density at radius 3 is 2.93 bits per heavy atom. The van der Waals surface area contributed by atoms with Crippen LogP contribution in [0.25, 0.3) is 11.0 Å². The van der Waals surface area contributed by atoms with Gasteiger partial charge >= 0.3 is 0 Å². The molecule has 0 bridgehead atoms. The van der Waals surface area contributed by atoms with Gasteiger partial charge in [0.1, 0.15) is 5.82 Å². The van der Waals surface area contributed by atoms with E-state index in [0.717, 1.165) is 56.5 Å². The minimum Gasteiger partial charge on any atom is -0.379 e. The van der Waals surface area contributed by atoms with Gasteiger partial charge in [-0.25, -0.2) is 4.39 Å². The van der Waals surface area contributed by atoms with E-state index >= 15 is 0 Å². The Morgan fingerprint density at radius 1 is 1.43 bits per heavy atom. The van der Waals surface area contributed by atoms with E-state index in [-0.39, 0.29) is 11.7 Å². The molecule has 1 amide bonds. The number of hydrogen-bond donors (Lipinski definition) is 2. The molecule has 0 saturated carbocycles. The van der Waals surface area contributed by atoms with E-state index in [1.807, 2.05) is 6.92 Å². The molecule has 2 fully saturated rings. The molecule has 0 spiro atoms. The van der Waals surface area contributed by atoms with Crippen LogP contribution in [0.15, 0.2) is 22.7 Å². The molecule has 1 aromatic carbocycles. The number of carbonyl (C=O) groups is 1. The highest BCUT2D eigenvalue weighted by atomic mass is 19.1. The quantitative estimate of drug-likeness (QED) is 0.748. The van der Waals surface area contributed by atoms with Crippen LogP contribution in [0, 0.1) is 5.82 Å². The van der Waals surface area contributed by atoms with Gasteiger partial charge in [-0.3, -0.25) is 4.79 Å². The minimum atomic E-state index is -1.27. The van der Waals surface area contributed by atoms with Gasteiger partial charge < -0.3 is 24.7 Å². The number of nitrogens with one attached hydrogen (secondary N) is 1. The van der Waals surface area contributed by atoms with Crippen molar-refractivity contribution in [2.24, 2.45) is 0 Å². The fraction of sp³-hybridized carbons (Fsp3) is 0.636. The Kier molecular flexibility index (Phi) is 6.36. The SMILES string of the molecule is CCN(CCN1CCC(c2noc3cc(F)ccc23)CC1)C(=O)C1(O)CCCNC1. The lowest BCUT2D eigenvalue weighted by Gasteiger charge is -2.37. The highest BCUT2D eigenvalue weighted by molar-refractivity contribution is 5.85.